The Morgan fingerprint density at radius 1 is 0.750 bits per heavy atom. The second-order valence-corrected chi connectivity index (χ2v) is 15.6. The maximum atomic E-state index is 10.8. The van der Waals surface area contributed by atoms with E-state index in [1.807, 2.05) is 0 Å². The van der Waals surface area contributed by atoms with E-state index in [0.717, 1.165) is 6.07 Å². The second-order valence-electron chi connectivity index (χ2n) is 9.30. The summed E-state index contributed by atoms with van der Waals surface area (Å²) in [6.45, 7) is 7.05. The van der Waals surface area contributed by atoms with Gasteiger partial charge in [-0.05, 0) is 18.2 Å². The molecule has 3 N–H and O–H groups in total. The van der Waals surface area contributed by atoms with E-state index in [0.29, 0.717) is 12.1 Å². The van der Waals surface area contributed by atoms with Crippen molar-refractivity contribution in [3.63, 3.8) is 0 Å². The molecule has 0 aliphatic carbocycles. The van der Waals surface area contributed by atoms with Crippen LogP contribution in [0, 0.1) is 0 Å². The van der Waals surface area contributed by atoms with Crippen LogP contribution < -0.4 is 0 Å². The predicted octanol–water partition coefficient (Wildman–Crippen LogP) is 6.67. The Labute approximate surface area is 216 Å². The Morgan fingerprint density at radius 2 is 1.17 bits per heavy atom. The van der Waals surface area contributed by atoms with Gasteiger partial charge in [-0.1, -0.05) is 0 Å². The third kappa shape index (κ3) is 11.2. The van der Waals surface area contributed by atoms with Gasteiger partial charge in [0.15, 0.2) is 0 Å². The van der Waals surface area contributed by atoms with Crippen LogP contribution in [0.1, 0.15) is 85.6 Å². The molecule has 0 aliphatic rings. The van der Waals surface area contributed by atoms with Crippen molar-refractivity contribution < 1.29 is 32.8 Å². The third-order valence-corrected chi connectivity index (χ3v) is 12.5. The van der Waals surface area contributed by atoms with E-state index in [-0.39, 0.29) is 0 Å². The van der Waals surface area contributed by atoms with E-state index in [1.54, 1.807) is 24.0 Å². The van der Waals surface area contributed by atoms with Crippen LogP contribution in [-0.2, 0) is 16.3 Å². The van der Waals surface area contributed by atoms with Gasteiger partial charge in [-0.3, -0.25) is 4.55 Å². The fraction of sp³-hybridized carbons (Fsp3) is 0.481. The molecule has 0 unspecified atom stereocenters. The molecule has 0 heterocycles. The molecule has 0 bridgehead atoms. The number of carboxylic acid groups (broad SMARTS) is 2. The van der Waals surface area contributed by atoms with Gasteiger partial charge in [-0.15, -0.1) is 0 Å². The van der Waals surface area contributed by atoms with Crippen molar-refractivity contribution in [2.45, 2.75) is 70.4 Å². The number of carbonyl (C=O) groups is 2. The van der Waals surface area contributed by atoms with Gasteiger partial charge in [0, 0.05) is 0 Å². The Morgan fingerprint density at radius 3 is 1.50 bits per heavy atom. The van der Waals surface area contributed by atoms with Crippen LogP contribution in [0.5, 0.6) is 0 Å². The van der Waals surface area contributed by atoms with Crippen molar-refractivity contribution in [1.29, 1.82) is 0 Å². The third-order valence-electron chi connectivity index (χ3n) is 6.30. The van der Waals surface area contributed by atoms with E-state index >= 15 is 0 Å². The van der Waals surface area contributed by atoms with Gasteiger partial charge in [0.2, 0.25) is 0 Å². The van der Waals surface area contributed by atoms with Crippen molar-refractivity contribution in [3.8, 4) is 0 Å². The Kier molecular flexibility index (Phi) is 13.9. The SMILES string of the molecule is CCCC[PH](CCCC)(CCCC)Cc1ccccc1.O=C(O)c1cc(C(=O)O)cc(S(=O)(=O)O)c1. The monoisotopic (exact) mass is 540 g/mol. The quantitative estimate of drug-likeness (QED) is 0.180. The van der Waals surface area contributed by atoms with Crippen molar-refractivity contribution in [2.24, 2.45) is 0 Å². The normalized spacial score (nSPS) is 11.9. The van der Waals surface area contributed by atoms with Gasteiger partial charge in [0.25, 0.3) is 10.1 Å². The summed E-state index contributed by atoms with van der Waals surface area (Å²) >= 11 is 0. The smallest absolute Gasteiger partial charge is 0.335 e. The van der Waals surface area contributed by atoms with Crippen molar-refractivity contribution in [1.82, 2.24) is 0 Å². The van der Waals surface area contributed by atoms with E-state index in [2.05, 4.69) is 51.1 Å². The fourth-order valence-electron chi connectivity index (χ4n) is 4.32. The Balaban J connectivity index is 0.000000369. The summed E-state index contributed by atoms with van der Waals surface area (Å²) < 4.78 is 30.2. The molecule has 0 saturated carbocycles. The van der Waals surface area contributed by atoms with Gasteiger partial charge in [0.1, 0.15) is 0 Å². The van der Waals surface area contributed by atoms with E-state index in [4.69, 9.17) is 14.8 Å². The van der Waals surface area contributed by atoms with Crippen LogP contribution in [-0.4, -0.2) is 53.6 Å². The van der Waals surface area contributed by atoms with E-state index < -0.39 is 45.3 Å². The molecule has 2 aromatic rings. The van der Waals surface area contributed by atoms with Crippen molar-refractivity contribution in [2.75, 3.05) is 18.5 Å². The minimum atomic E-state index is -4.64. The molecule has 36 heavy (non-hydrogen) atoms. The molecular weight excluding hydrogens is 499 g/mol. The zero-order chi connectivity index (χ0) is 27.2. The van der Waals surface area contributed by atoms with Gasteiger partial charge >= 0.3 is 139 Å². The molecule has 202 valence electrons. The van der Waals surface area contributed by atoms with E-state index in [1.165, 1.54) is 44.7 Å². The second kappa shape index (κ2) is 15.7. The van der Waals surface area contributed by atoms with Crippen LogP contribution in [0.4, 0.5) is 0 Å². The summed E-state index contributed by atoms with van der Waals surface area (Å²) in [5, 5.41) is 17.2. The zero-order valence-electron chi connectivity index (χ0n) is 21.6. The Bertz CT molecular complexity index is 1010. The standard InChI is InChI=1S/C19H35P.C8H6O7S/c1-4-7-15-20(16-8-5-2,17-9-6-3)18-19-13-11-10-12-14-19;9-7(10)4-1-5(8(11)12)3-6(2-4)16(13,14)15/h10-14,20H,4-9,15-18H2,1-3H3;1-3H,(H,9,10)(H,11,12)(H,13,14,15). The van der Waals surface area contributed by atoms with Crippen molar-refractivity contribution >= 4 is 29.3 Å². The summed E-state index contributed by atoms with van der Waals surface area (Å²) in [7, 11) is -5.74. The number of hydrogen-bond donors (Lipinski definition) is 3. The number of aromatic carboxylic acids is 2. The summed E-state index contributed by atoms with van der Waals surface area (Å²) in [5.74, 6) is -2.99. The summed E-state index contributed by atoms with van der Waals surface area (Å²) in [5.41, 5.74) is 0.530. The van der Waals surface area contributed by atoms with Gasteiger partial charge in [-0.25, -0.2) is 9.59 Å². The number of benzene rings is 2. The van der Waals surface area contributed by atoms with Crippen LogP contribution >= 0.6 is 7.26 Å². The summed E-state index contributed by atoms with van der Waals surface area (Å²) in [4.78, 5) is 20.4. The number of hydrogen-bond acceptors (Lipinski definition) is 4. The zero-order valence-corrected chi connectivity index (χ0v) is 23.4. The predicted molar refractivity (Wildman–Crippen MR) is 148 cm³/mol. The molecule has 0 atom stereocenters. The van der Waals surface area contributed by atoms with E-state index in [9.17, 15) is 18.0 Å². The first-order valence-electron chi connectivity index (χ1n) is 12.6. The van der Waals surface area contributed by atoms with Crippen LogP contribution in [0.15, 0.2) is 53.4 Å². The molecule has 0 amide bonds. The molecule has 2 aromatic carbocycles. The van der Waals surface area contributed by atoms with Crippen LogP contribution in [0.2, 0.25) is 0 Å². The molecule has 7 nitrogen and oxygen atoms in total. The van der Waals surface area contributed by atoms with Crippen molar-refractivity contribution in [3.05, 3.63) is 65.2 Å². The van der Waals surface area contributed by atoms with Crippen LogP contribution in [0.3, 0.4) is 0 Å². The maximum Gasteiger partial charge on any atom is 0.335 e. The molecule has 0 aliphatic heterocycles. The first kappa shape index (κ1) is 31.7. The maximum absolute atomic E-state index is 10.8. The molecule has 0 aromatic heterocycles. The fourth-order valence-corrected chi connectivity index (χ4v) is 10.6. The minimum Gasteiger partial charge on any atom is -0.478 e. The average molecular weight is 541 g/mol. The molecular formula is C27H41O7PS. The largest absolute Gasteiger partial charge is 0.478 e. The molecule has 9 heteroatoms. The molecule has 0 fully saturated rings. The van der Waals surface area contributed by atoms with Gasteiger partial charge in [-0.2, -0.15) is 8.42 Å². The number of rotatable bonds is 14. The number of carboxylic acids is 2. The summed E-state index contributed by atoms with van der Waals surface area (Å²) in [6.07, 6.45) is 14.5. The minimum absolute atomic E-state index is 0.535. The molecule has 0 radical (unpaired) electrons. The van der Waals surface area contributed by atoms with Gasteiger partial charge in [0.05, 0.1) is 16.0 Å². The number of unbranched alkanes of at least 4 members (excludes halogenated alkanes) is 3. The average Bonchev–Trinajstić information content (AvgIpc) is 2.85. The topological polar surface area (TPSA) is 129 Å². The van der Waals surface area contributed by atoms with Crippen LogP contribution in [0.25, 0.3) is 0 Å². The first-order valence-corrected chi connectivity index (χ1v) is 16.9. The Hall–Kier alpha value is -2.28. The molecule has 2 rings (SSSR count). The molecule has 0 saturated heterocycles. The van der Waals surface area contributed by atoms with Gasteiger partial charge < -0.3 is 10.2 Å². The molecule has 0 spiro atoms. The first-order chi connectivity index (χ1) is 17.0. The summed E-state index contributed by atoms with van der Waals surface area (Å²) in [6, 6.07) is 13.4.